The van der Waals surface area contributed by atoms with Crippen molar-refractivity contribution in [3.63, 3.8) is 0 Å². The summed E-state index contributed by atoms with van der Waals surface area (Å²) in [5, 5.41) is 13.8. The number of nitrogens with one attached hydrogen (secondary N) is 1. The maximum atomic E-state index is 12.3. The van der Waals surface area contributed by atoms with Crippen LogP contribution in [0.1, 0.15) is 20.3 Å². The number of nitro groups is 1. The van der Waals surface area contributed by atoms with Crippen molar-refractivity contribution in [1.29, 1.82) is 0 Å². The quantitative estimate of drug-likeness (QED) is 0.186. The largest absolute Gasteiger partial charge is 0.465 e. The Morgan fingerprint density at radius 3 is 2.62 bits per heavy atom. The number of benzene rings is 2. The van der Waals surface area contributed by atoms with E-state index in [1.165, 1.54) is 30.3 Å². The molecule has 1 heterocycles. The molecular formula is C20H17Cl3N2O6S. The first-order chi connectivity index (χ1) is 15.0. The number of carbonyl (C=O) groups excluding carboxylic acids is 1. The molecule has 0 fully saturated rings. The fourth-order valence-corrected chi connectivity index (χ4v) is 4.07. The number of amides is 1. The van der Waals surface area contributed by atoms with Gasteiger partial charge in [-0.1, -0.05) is 72.1 Å². The number of rotatable bonds is 7. The monoisotopic (exact) mass is 518 g/mol. The van der Waals surface area contributed by atoms with Crippen molar-refractivity contribution in [1.82, 2.24) is 5.32 Å². The number of carbonyl (C=O) groups is 1. The van der Waals surface area contributed by atoms with Gasteiger partial charge >= 0.3 is 4.94 Å². The average molecular weight is 520 g/mol. The summed E-state index contributed by atoms with van der Waals surface area (Å²) in [6.45, 7) is 3.72. The molecule has 0 aliphatic rings. The van der Waals surface area contributed by atoms with Gasteiger partial charge in [-0.15, -0.1) is 0 Å². The first-order valence-electron chi connectivity index (χ1n) is 9.30. The van der Waals surface area contributed by atoms with Gasteiger partial charge in [-0.2, -0.15) is 0 Å². The van der Waals surface area contributed by atoms with Gasteiger partial charge in [0.25, 0.3) is 5.69 Å². The summed E-state index contributed by atoms with van der Waals surface area (Å²) in [5.41, 5.74) is 0.820. The second-order valence-corrected chi connectivity index (χ2v) is 10.5. The Balaban J connectivity index is 2.12. The summed E-state index contributed by atoms with van der Waals surface area (Å²) in [7, 11) is 0. The molecule has 0 radical (unpaired) electrons. The molecule has 170 valence electrons. The normalized spacial score (nSPS) is 12.7. The first kappa shape index (κ1) is 24.3. The standard InChI is InChI=1S/C20H17Cl3N2O6S/c1-10(2)8-15(26)24-18(20(21,22)23)30-13-6-7-14-17(32-19(27)31-14)16(13)11-4-3-5-12(9-11)25(28)29/h3-7,9-10,18H,8H2,1-2H3,(H,24,26). The van der Waals surface area contributed by atoms with E-state index in [-0.39, 0.29) is 35.3 Å². The van der Waals surface area contributed by atoms with Crippen LogP contribution in [0.5, 0.6) is 5.75 Å². The lowest BCUT2D eigenvalue weighted by Crippen LogP contribution is -2.48. The van der Waals surface area contributed by atoms with Gasteiger partial charge in [0.05, 0.1) is 9.62 Å². The van der Waals surface area contributed by atoms with E-state index in [9.17, 15) is 19.7 Å². The van der Waals surface area contributed by atoms with E-state index in [1.807, 2.05) is 13.8 Å². The molecule has 0 bridgehead atoms. The lowest BCUT2D eigenvalue weighted by molar-refractivity contribution is -0.384. The molecule has 2 aromatic carbocycles. The molecule has 8 nitrogen and oxygen atoms in total. The fourth-order valence-electron chi connectivity index (χ4n) is 2.95. The van der Waals surface area contributed by atoms with Gasteiger partial charge in [0.1, 0.15) is 11.3 Å². The molecule has 0 spiro atoms. The van der Waals surface area contributed by atoms with E-state index >= 15 is 0 Å². The number of non-ortho nitro benzene ring substituents is 1. The summed E-state index contributed by atoms with van der Waals surface area (Å²) in [4.78, 5) is 34.3. The zero-order valence-electron chi connectivity index (χ0n) is 16.8. The SMILES string of the molecule is CC(C)CC(=O)NC(Oc1ccc2oc(=O)sc2c1-c1cccc([N+](=O)[O-])c1)C(Cl)(Cl)Cl. The molecule has 32 heavy (non-hydrogen) atoms. The van der Waals surface area contributed by atoms with Gasteiger partial charge in [0.15, 0.2) is 0 Å². The van der Waals surface area contributed by atoms with Crippen LogP contribution in [0.3, 0.4) is 0 Å². The van der Waals surface area contributed by atoms with E-state index < -0.39 is 19.9 Å². The third-order valence-electron chi connectivity index (χ3n) is 4.24. The minimum atomic E-state index is -2.04. The first-order valence-corrected chi connectivity index (χ1v) is 11.2. The highest BCUT2D eigenvalue weighted by atomic mass is 35.6. The van der Waals surface area contributed by atoms with Gasteiger partial charge < -0.3 is 14.5 Å². The summed E-state index contributed by atoms with van der Waals surface area (Å²) >= 11 is 19.0. The molecule has 0 aliphatic heterocycles. The highest BCUT2D eigenvalue weighted by Gasteiger charge is 2.37. The Labute approximate surface area is 201 Å². The summed E-state index contributed by atoms with van der Waals surface area (Å²) in [6, 6.07) is 8.74. The zero-order chi connectivity index (χ0) is 23.6. The van der Waals surface area contributed by atoms with Gasteiger partial charge in [0, 0.05) is 24.1 Å². The Bertz CT molecular complexity index is 1220. The summed E-state index contributed by atoms with van der Waals surface area (Å²) < 4.78 is 9.43. The van der Waals surface area contributed by atoms with E-state index in [0.29, 0.717) is 15.8 Å². The highest BCUT2D eigenvalue weighted by molar-refractivity contribution is 7.16. The van der Waals surface area contributed by atoms with Crippen LogP contribution in [0.2, 0.25) is 0 Å². The van der Waals surface area contributed by atoms with E-state index in [2.05, 4.69) is 5.32 Å². The van der Waals surface area contributed by atoms with Crippen molar-refractivity contribution < 1.29 is 18.9 Å². The number of hydrogen-bond donors (Lipinski definition) is 1. The smallest absolute Gasteiger partial charge is 0.396 e. The van der Waals surface area contributed by atoms with Crippen LogP contribution in [-0.2, 0) is 4.79 Å². The molecule has 1 atom stereocenters. The second-order valence-electron chi connectivity index (χ2n) is 7.23. The molecule has 0 saturated heterocycles. The lowest BCUT2D eigenvalue weighted by Gasteiger charge is -2.27. The van der Waals surface area contributed by atoms with Gasteiger partial charge in [-0.3, -0.25) is 14.9 Å². The second kappa shape index (κ2) is 9.66. The number of ether oxygens (including phenoxy) is 1. The Morgan fingerprint density at radius 2 is 2.00 bits per heavy atom. The van der Waals surface area contributed by atoms with Crippen LogP contribution < -0.4 is 15.0 Å². The van der Waals surface area contributed by atoms with Crippen molar-refractivity contribution in [3.8, 4) is 16.9 Å². The maximum absolute atomic E-state index is 12.3. The maximum Gasteiger partial charge on any atom is 0.396 e. The number of halogens is 3. The molecular weight excluding hydrogens is 503 g/mol. The third-order valence-corrected chi connectivity index (χ3v) is 5.69. The van der Waals surface area contributed by atoms with E-state index in [1.54, 1.807) is 6.07 Å². The van der Waals surface area contributed by atoms with Crippen LogP contribution in [0.25, 0.3) is 21.4 Å². The third kappa shape index (κ3) is 5.72. The molecule has 1 unspecified atom stereocenters. The van der Waals surface area contributed by atoms with Gasteiger partial charge in [-0.25, -0.2) is 4.79 Å². The summed E-state index contributed by atoms with van der Waals surface area (Å²) in [6.07, 6.45) is -1.20. The van der Waals surface area contributed by atoms with Crippen molar-refractivity contribution in [2.45, 2.75) is 30.3 Å². The van der Waals surface area contributed by atoms with Crippen LogP contribution in [-0.4, -0.2) is 20.9 Å². The topological polar surface area (TPSA) is 112 Å². The molecule has 0 aliphatic carbocycles. The average Bonchev–Trinajstić information content (AvgIpc) is 3.06. The number of fused-ring (bicyclic) bond motifs is 1. The lowest BCUT2D eigenvalue weighted by atomic mass is 10.0. The van der Waals surface area contributed by atoms with Gasteiger partial charge in [-0.05, 0) is 23.6 Å². The molecule has 0 saturated carbocycles. The minimum Gasteiger partial charge on any atom is -0.465 e. The van der Waals surface area contributed by atoms with Crippen LogP contribution in [0.15, 0.2) is 45.6 Å². The predicted molar refractivity (Wildman–Crippen MR) is 125 cm³/mol. The zero-order valence-corrected chi connectivity index (χ0v) is 19.8. The number of nitrogens with zero attached hydrogens (tertiary/aromatic N) is 1. The van der Waals surface area contributed by atoms with Crippen LogP contribution in [0.4, 0.5) is 5.69 Å². The van der Waals surface area contributed by atoms with Crippen LogP contribution in [0, 0.1) is 16.0 Å². The molecule has 12 heteroatoms. The molecule has 1 amide bonds. The van der Waals surface area contributed by atoms with E-state index in [0.717, 1.165) is 11.3 Å². The molecule has 3 aromatic rings. The van der Waals surface area contributed by atoms with Crippen LogP contribution >= 0.6 is 46.1 Å². The van der Waals surface area contributed by atoms with Crippen molar-refractivity contribution >= 4 is 68.0 Å². The molecule has 1 aromatic heterocycles. The van der Waals surface area contributed by atoms with E-state index in [4.69, 9.17) is 44.0 Å². The Morgan fingerprint density at radius 1 is 1.28 bits per heavy atom. The van der Waals surface area contributed by atoms with Crippen molar-refractivity contribution in [3.05, 3.63) is 56.2 Å². The Kier molecular flexibility index (Phi) is 7.34. The van der Waals surface area contributed by atoms with Crippen molar-refractivity contribution in [2.24, 2.45) is 5.92 Å². The molecule has 1 N–H and O–H groups in total. The minimum absolute atomic E-state index is 0.0611. The predicted octanol–water partition coefficient (Wildman–Crippen LogP) is 5.67. The highest BCUT2D eigenvalue weighted by Crippen LogP contribution is 2.42. The number of hydrogen-bond acceptors (Lipinski definition) is 7. The van der Waals surface area contributed by atoms with Crippen molar-refractivity contribution in [2.75, 3.05) is 0 Å². The number of alkyl halides is 3. The fraction of sp³-hybridized carbons (Fsp3) is 0.300. The van der Waals surface area contributed by atoms with Gasteiger partial charge in [0.2, 0.25) is 15.9 Å². The Hall–Kier alpha value is -2.33. The summed E-state index contributed by atoms with van der Waals surface area (Å²) in [5.74, 6) is -0.190. The molecule has 3 rings (SSSR count). The number of nitro benzene ring substituents is 1.